The zero-order chi connectivity index (χ0) is 22.1. The third-order valence-electron chi connectivity index (χ3n) is 5.63. The van der Waals surface area contributed by atoms with Gasteiger partial charge >= 0.3 is 0 Å². The third kappa shape index (κ3) is 3.79. The highest BCUT2D eigenvalue weighted by atomic mass is 32.1. The van der Waals surface area contributed by atoms with Gasteiger partial charge in [0.15, 0.2) is 0 Å². The fraction of sp³-hybridized carbons (Fsp3) is 0.240. The average molecular weight is 432 g/mol. The van der Waals surface area contributed by atoms with Crippen molar-refractivity contribution in [2.24, 2.45) is 0 Å². The summed E-state index contributed by atoms with van der Waals surface area (Å²) in [4.78, 5) is 33.1. The Labute approximate surface area is 185 Å². The van der Waals surface area contributed by atoms with Crippen LogP contribution in [0.15, 0.2) is 59.7 Å². The molecule has 4 rings (SSSR count). The maximum absolute atomic E-state index is 13.6. The van der Waals surface area contributed by atoms with E-state index in [1.165, 1.54) is 22.2 Å². The maximum atomic E-state index is 13.6. The Kier molecular flexibility index (Phi) is 5.74. The fourth-order valence-electron chi connectivity index (χ4n) is 4.02. The number of carbonyl (C=O) groups excluding carboxylic acids is 1. The Morgan fingerprint density at radius 3 is 2.39 bits per heavy atom. The first-order chi connectivity index (χ1) is 14.9. The first-order valence-corrected chi connectivity index (χ1v) is 11.2. The van der Waals surface area contributed by atoms with Crippen molar-refractivity contribution in [2.45, 2.75) is 40.2 Å². The van der Waals surface area contributed by atoms with Gasteiger partial charge in [0.1, 0.15) is 10.9 Å². The van der Waals surface area contributed by atoms with Crippen molar-refractivity contribution in [3.05, 3.63) is 81.2 Å². The van der Waals surface area contributed by atoms with Gasteiger partial charge in [0.25, 0.3) is 5.56 Å². The summed E-state index contributed by atoms with van der Waals surface area (Å²) in [6.07, 6.45) is 1.99. The molecule has 2 heterocycles. The number of para-hydroxylation sites is 1. The van der Waals surface area contributed by atoms with Crippen molar-refractivity contribution < 1.29 is 4.79 Å². The van der Waals surface area contributed by atoms with E-state index >= 15 is 0 Å². The Morgan fingerprint density at radius 2 is 1.74 bits per heavy atom. The smallest absolute Gasteiger partial charge is 0.263 e. The van der Waals surface area contributed by atoms with Gasteiger partial charge < -0.3 is 5.32 Å². The van der Waals surface area contributed by atoms with E-state index in [9.17, 15) is 9.59 Å². The molecule has 2 aromatic heterocycles. The van der Waals surface area contributed by atoms with E-state index < -0.39 is 6.04 Å². The van der Waals surface area contributed by atoms with Crippen LogP contribution < -0.4 is 10.9 Å². The molecule has 0 bridgehead atoms. The minimum Gasteiger partial charge on any atom is -0.324 e. The molecule has 31 heavy (non-hydrogen) atoms. The molecule has 1 unspecified atom stereocenters. The number of aryl methyl sites for hydroxylation is 3. The molecule has 1 amide bonds. The van der Waals surface area contributed by atoms with Gasteiger partial charge in [-0.2, -0.15) is 0 Å². The van der Waals surface area contributed by atoms with Crippen molar-refractivity contribution in [3.8, 4) is 11.1 Å². The minimum atomic E-state index is -0.646. The second kappa shape index (κ2) is 8.47. The largest absolute Gasteiger partial charge is 0.324 e. The molecule has 1 N–H and O–H groups in total. The number of amides is 1. The molecule has 0 radical (unpaired) electrons. The van der Waals surface area contributed by atoms with Crippen LogP contribution in [0.25, 0.3) is 21.3 Å². The lowest BCUT2D eigenvalue weighted by molar-refractivity contribution is -0.119. The van der Waals surface area contributed by atoms with Crippen LogP contribution in [0.4, 0.5) is 5.69 Å². The van der Waals surface area contributed by atoms with Crippen molar-refractivity contribution in [2.75, 3.05) is 5.32 Å². The molecule has 0 spiro atoms. The van der Waals surface area contributed by atoms with Crippen LogP contribution >= 0.6 is 11.3 Å². The van der Waals surface area contributed by atoms with Crippen LogP contribution in [0.3, 0.4) is 0 Å². The molecule has 0 aliphatic rings. The first-order valence-electron chi connectivity index (χ1n) is 10.3. The number of hydrogen-bond acceptors (Lipinski definition) is 4. The normalized spacial score (nSPS) is 12.1. The molecule has 4 aromatic rings. The fourth-order valence-corrected chi connectivity index (χ4v) is 5.02. The predicted molar refractivity (Wildman–Crippen MR) is 128 cm³/mol. The third-order valence-corrected chi connectivity index (χ3v) is 6.64. The molecule has 0 saturated carbocycles. The lowest BCUT2D eigenvalue weighted by Gasteiger charge is -2.19. The lowest BCUT2D eigenvalue weighted by atomic mass is 10.0. The quantitative estimate of drug-likeness (QED) is 0.445. The zero-order valence-electron chi connectivity index (χ0n) is 18.1. The summed E-state index contributed by atoms with van der Waals surface area (Å²) < 4.78 is 1.48. The minimum absolute atomic E-state index is 0.184. The van der Waals surface area contributed by atoms with Gasteiger partial charge in [0, 0.05) is 16.1 Å². The maximum Gasteiger partial charge on any atom is 0.263 e. The molecule has 0 aliphatic heterocycles. The van der Waals surface area contributed by atoms with E-state index in [0.717, 1.165) is 32.8 Å². The Hall–Kier alpha value is -3.25. The molecular weight excluding hydrogens is 406 g/mol. The predicted octanol–water partition coefficient (Wildman–Crippen LogP) is 5.64. The molecule has 0 aliphatic carbocycles. The van der Waals surface area contributed by atoms with E-state index in [4.69, 9.17) is 0 Å². The van der Waals surface area contributed by atoms with Gasteiger partial charge in [-0.05, 0) is 43.9 Å². The van der Waals surface area contributed by atoms with Crippen LogP contribution in [0.2, 0.25) is 0 Å². The SMILES string of the molecule is CCC(C(=O)Nc1c(C)cccc1C)n1cnc2sc(C)c(-c3ccccc3)c2c1=O. The number of rotatable bonds is 5. The second-order valence-corrected chi connectivity index (χ2v) is 8.92. The van der Waals surface area contributed by atoms with Crippen LogP contribution in [0, 0.1) is 20.8 Å². The summed E-state index contributed by atoms with van der Waals surface area (Å²) in [5.41, 5.74) is 4.47. The molecule has 1 atom stereocenters. The second-order valence-electron chi connectivity index (χ2n) is 7.72. The van der Waals surface area contributed by atoms with Gasteiger partial charge in [0.2, 0.25) is 5.91 Å². The molecule has 158 valence electrons. The molecular formula is C25H25N3O2S. The van der Waals surface area contributed by atoms with Crippen molar-refractivity contribution in [3.63, 3.8) is 0 Å². The number of nitrogens with zero attached hydrogens (tertiary/aromatic N) is 2. The number of benzene rings is 2. The summed E-state index contributed by atoms with van der Waals surface area (Å²) in [7, 11) is 0. The topological polar surface area (TPSA) is 64.0 Å². The summed E-state index contributed by atoms with van der Waals surface area (Å²) in [5.74, 6) is -0.212. The molecule has 0 fully saturated rings. The summed E-state index contributed by atoms with van der Waals surface area (Å²) >= 11 is 1.51. The van der Waals surface area contributed by atoms with Gasteiger partial charge in [0.05, 0.1) is 11.7 Å². The molecule has 0 saturated heterocycles. The average Bonchev–Trinajstić information content (AvgIpc) is 3.10. The summed E-state index contributed by atoms with van der Waals surface area (Å²) in [6, 6.07) is 15.1. The highest BCUT2D eigenvalue weighted by molar-refractivity contribution is 7.19. The number of aromatic nitrogens is 2. The number of thiophene rings is 1. The van der Waals surface area contributed by atoms with E-state index in [-0.39, 0.29) is 11.5 Å². The van der Waals surface area contributed by atoms with Crippen LogP contribution in [0.1, 0.15) is 35.4 Å². The lowest BCUT2D eigenvalue weighted by Crippen LogP contribution is -2.33. The zero-order valence-corrected chi connectivity index (χ0v) is 18.9. The standard InChI is InChI=1S/C25H25N3O2S/c1-5-19(23(29)27-22-15(2)10-9-11-16(22)3)28-14-26-24-21(25(28)30)20(17(4)31-24)18-12-7-6-8-13-18/h6-14,19H,5H2,1-4H3,(H,27,29). The van der Waals surface area contributed by atoms with E-state index in [0.29, 0.717) is 16.6 Å². The summed E-state index contributed by atoms with van der Waals surface area (Å²) in [6.45, 7) is 7.83. The van der Waals surface area contributed by atoms with E-state index in [1.807, 2.05) is 76.2 Å². The summed E-state index contributed by atoms with van der Waals surface area (Å²) in [5, 5.41) is 3.61. The number of anilines is 1. The van der Waals surface area contributed by atoms with Crippen molar-refractivity contribution in [1.29, 1.82) is 0 Å². The van der Waals surface area contributed by atoms with Crippen molar-refractivity contribution >= 4 is 33.1 Å². The van der Waals surface area contributed by atoms with Crippen LogP contribution in [0.5, 0.6) is 0 Å². The number of hydrogen-bond donors (Lipinski definition) is 1. The van der Waals surface area contributed by atoms with Gasteiger partial charge in [-0.3, -0.25) is 14.2 Å². The number of nitrogens with one attached hydrogen (secondary N) is 1. The van der Waals surface area contributed by atoms with Gasteiger partial charge in [-0.1, -0.05) is 55.5 Å². The monoisotopic (exact) mass is 431 g/mol. The Bertz CT molecular complexity index is 1300. The van der Waals surface area contributed by atoms with Crippen molar-refractivity contribution in [1.82, 2.24) is 9.55 Å². The number of fused-ring (bicyclic) bond motifs is 1. The van der Waals surface area contributed by atoms with Gasteiger partial charge in [-0.15, -0.1) is 11.3 Å². The highest BCUT2D eigenvalue weighted by Gasteiger charge is 2.24. The van der Waals surface area contributed by atoms with E-state index in [2.05, 4.69) is 10.3 Å². The van der Waals surface area contributed by atoms with Crippen LogP contribution in [-0.4, -0.2) is 15.5 Å². The first kappa shape index (κ1) is 21.0. The number of carbonyl (C=O) groups is 1. The Morgan fingerprint density at radius 1 is 1.06 bits per heavy atom. The molecule has 6 heteroatoms. The Balaban J connectivity index is 1.80. The molecule has 2 aromatic carbocycles. The molecule has 5 nitrogen and oxygen atoms in total. The van der Waals surface area contributed by atoms with Gasteiger partial charge in [-0.25, -0.2) is 4.98 Å². The van der Waals surface area contributed by atoms with Crippen LogP contribution in [-0.2, 0) is 4.79 Å². The van der Waals surface area contributed by atoms with E-state index in [1.54, 1.807) is 0 Å². The highest BCUT2D eigenvalue weighted by Crippen LogP contribution is 2.35.